The van der Waals surface area contributed by atoms with Crippen LogP contribution in [-0.4, -0.2) is 5.91 Å². The Labute approximate surface area is 146 Å². The monoisotopic (exact) mass is 323 g/mol. The van der Waals surface area contributed by atoms with Gasteiger partial charge in [0.2, 0.25) is 5.91 Å². The second-order valence-electron chi connectivity index (χ2n) is 6.61. The first-order valence-electron chi connectivity index (χ1n) is 8.56. The Morgan fingerprint density at radius 1 is 0.800 bits per heavy atom. The molecule has 0 unspecified atom stereocenters. The molecule has 0 saturated carbocycles. The van der Waals surface area contributed by atoms with E-state index in [4.69, 9.17) is 0 Å². The SMILES string of the molecule is CC(=O)N1c2ccc3ccccc3c2Cc2ccc3ccccc3c21. The summed E-state index contributed by atoms with van der Waals surface area (Å²) < 4.78 is 0. The molecule has 0 spiro atoms. The first-order chi connectivity index (χ1) is 12.2. The Bertz CT molecular complexity index is 1160. The highest BCUT2D eigenvalue weighted by Gasteiger charge is 2.28. The van der Waals surface area contributed by atoms with E-state index in [9.17, 15) is 4.79 Å². The van der Waals surface area contributed by atoms with Gasteiger partial charge in [0.25, 0.3) is 0 Å². The number of rotatable bonds is 0. The van der Waals surface area contributed by atoms with Crippen molar-refractivity contribution in [2.45, 2.75) is 13.3 Å². The first kappa shape index (κ1) is 14.2. The second kappa shape index (κ2) is 5.18. The molecule has 25 heavy (non-hydrogen) atoms. The van der Waals surface area contributed by atoms with E-state index in [1.165, 1.54) is 21.9 Å². The van der Waals surface area contributed by atoms with Crippen molar-refractivity contribution in [1.29, 1.82) is 0 Å². The molecule has 2 nitrogen and oxygen atoms in total. The van der Waals surface area contributed by atoms with E-state index in [0.717, 1.165) is 28.6 Å². The summed E-state index contributed by atoms with van der Waals surface area (Å²) in [5, 5.41) is 4.74. The topological polar surface area (TPSA) is 20.3 Å². The summed E-state index contributed by atoms with van der Waals surface area (Å²) in [6, 6.07) is 25.2. The van der Waals surface area contributed by atoms with Gasteiger partial charge < -0.3 is 0 Å². The van der Waals surface area contributed by atoms with Crippen molar-refractivity contribution in [2.24, 2.45) is 0 Å². The third kappa shape index (κ3) is 2.01. The smallest absolute Gasteiger partial charge is 0.228 e. The van der Waals surface area contributed by atoms with Crippen LogP contribution in [0.4, 0.5) is 11.4 Å². The lowest BCUT2D eigenvalue weighted by atomic mass is 9.89. The molecule has 5 rings (SSSR count). The van der Waals surface area contributed by atoms with Gasteiger partial charge in [-0.05, 0) is 33.4 Å². The van der Waals surface area contributed by atoms with E-state index in [1.807, 2.05) is 17.0 Å². The summed E-state index contributed by atoms with van der Waals surface area (Å²) >= 11 is 0. The molecule has 0 saturated heterocycles. The molecule has 1 aliphatic heterocycles. The number of hydrogen-bond acceptors (Lipinski definition) is 1. The molecular weight excluding hydrogens is 306 g/mol. The second-order valence-corrected chi connectivity index (χ2v) is 6.61. The molecule has 2 heteroatoms. The largest absolute Gasteiger partial charge is 0.280 e. The lowest BCUT2D eigenvalue weighted by molar-refractivity contribution is -0.115. The van der Waals surface area contributed by atoms with Crippen LogP contribution in [0, 0.1) is 0 Å². The Hall–Kier alpha value is -3.13. The Morgan fingerprint density at radius 3 is 2.20 bits per heavy atom. The predicted octanol–water partition coefficient (Wildman–Crippen LogP) is 5.58. The number of benzene rings is 4. The molecular formula is C23H17NO. The Morgan fingerprint density at radius 2 is 1.44 bits per heavy atom. The molecule has 0 aromatic heterocycles. The summed E-state index contributed by atoms with van der Waals surface area (Å²) in [5.74, 6) is 0.0498. The third-order valence-electron chi connectivity index (χ3n) is 5.15. The van der Waals surface area contributed by atoms with E-state index in [2.05, 4.69) is 60.7 Å². The summed E-state index contributed by atoms with van der Waals surface area (Å²) in [5.41, 5.74) is 4.48. The zero-order chi connectivity index (χ0) is 17.0. The molecule has 1 heterocycles. The third-order valence-corrected chi connectivity index (χ3v) is 5.15. The molecule has 0 aliphatic carbocycles. The minimum Gasteiger partial charge on any atom is -0.280 e. The van der Waals surface area contributed by atoms with Gasteiger partial charge in [0.05, 0.1) is 11.4 Å². The minimum absolute atomic E-state index is 0.0498. The molecule has 4 aromatic carbocycles. The number of hydrogen-bond donors (Lipinski definition) is 0. The van der Waals surface area contributed by atoms with Crippen molar-refractivity contribution >= 4 is 38.8 Å². The minimum atomic E-state index is 0.0498. The predicted molar refractivity (Wildman–Crippen MR) is 104 cm³/mol. The maximum Gasteiger partial charge on any atom is 0.228 e. The van der Waals surface area contributed by atoms with Crippen LogP contribution in [0.1, 0.15) is 18.1 Å². The highest BCUT2D eigenvalue weighted by Crippen LogP contribution is 2.45. The average Bonchev–Trinajstić information content (AvgIpc) is 2.65. The van der Waals surface area contributed by atoms with Crippen LogP contribution in [0.5, 0.6) is 0 Å². The molecule has 120 valence electrons. The molecule has 0 atom stereocenters. The molecule has 0 bridgehead atoms. The normalized spacial score (nSPS) is 12.9. The average molecular weight is 323 g/mol. The Kier molecular flexibility index (Phi) is 2.95. The van der Waals surface area contributed by atoms with Crippen LogP contribution >= 0.6 is 0 Å². The number of anilines is 2. The fraction of sp³-hybridized carbons (Fsp3) is 0.0870. The van der Waals surface area contributed by atoms with Crippen LogP contribution in [0.3, 0.4) is 0 Å². The highest BCUT2D eigenvalue weighted by molar-refractivity contribution is 6.12. The van der Waals surface area contributed by atoms with Gasteiger partial charge in [-0.3, -0.25) is 9.69 Å². The molecule has 1 aliphatic rings. The fourth-order valence-corrected chi connectivity index (χ4v) is 4.06. The molecule has 4 aromatic rings. The number of nitrogens with zero attached hydrogens (tertiary/aromatic N) is 1. The quantitative estimate of drug-likeness (QED) is 0.413. The van der Waals surface area contributed by atoms with Crippen molar-refractivity contribution in [3.63, 3.8) is 0 Å². The van der Waals surface area contributed by atoms with Gasteiger partial charge in [-0.2, -0.15) is 0 Å². The number of amides is 1. The van der Waals surface area contributed by atoms with Crippen LogP contribution in [0.25, 0.3) is 21.5 Å². The molecule has 1 amide bonds. The van der Waals surface area contributed by atoms with Crippen molar-refractivity contribution in [3.05, 3.63) is 83.9 Å². The van der Waals surface area contributed by atoms with Crippen molar-refractivity contribution < 1.29 is 4.79 Å². The van der Waals surface area contributed by atoms with Gasteiger partial charge in [0.15, 0.2) is 0 Å². The maximum absolute atomic E-state index is 12.6. The first-order valence-corrected chi connectivity index (χ1v) is 8.56. The number of carbonyl (C=O) groups excluding carboxylic acids is 1. The summed E-state index contributed by atoms with van der Waals surface area (Å²) in [4.78, 5) is 14.5. The van der Waals surface area contributed by atoms with Gasteiger partial charge in [-0.1, -0.05) is 66.7 Å². The van der Waals surface area contributed by atoms with Crippen molar-refractivity contribution in [3.8, 4) is 0 Å². The summed E-state index contributed by atoms with van der Waals surface area (Å²) in [7, 11) is 0. The fourth-order valence-electron chi connectivity index (χ4n) is 4.06. The molecule has 0 radical (unpaired) electrons. The number of fused-ring (bicyclic) bond motifs is 6. The van der Waals surface area contributed by atoms with Crippen molar-refractivity contribution in [2.75, 3.05) is 4.90 Å². The number of carbonyl (C=O) groups is 1. The highest BCUT2D eigenvalue weighted by atomic mass is 16.2. The van der Waals surface area contributed by atoms with E-state index in [0.29, 0.717) is 0 Å². The standard InChI is InChI=1S/C23H17NO/c1-15(25)24-22-13-12-16-6-2-4-8-19(16)21(22)14-18-11-10-17-7-3-5-9-20(17)23(18)24/h2-13H,14H2,1H3. The van der Waals surface area contributed by atoms with Crippen LogP contribution in [0.2, 0.25) is 0 Å². The zero-order valence-electron chi connectivity index (χ0n) is 14.0. The van der Waals surface area contributed by atoms with E-state index < -0.39 is 0 Å². The van der Waals surface area contributed by atoms with Gasteiger partial charge in [-0.15, -0.1) is 0 Å². The Balaban J connectivity index is 1.88. The summed E-state index contributed by atoms with van der Waals surface area (Å²) in [6.45, 7) is 1.65. The maximum atomic E-state index is 12.6. The molecule has 0 N–H and O–H groups in total. The van der Waals surface area contributed by atoms with Crippen LogP contribution in [0.15, 0.2) is 72.8 Å². The molecule has 0 fully saturated rings. The van der Waals surface area contributed by atoms with Gasteiger partial charge in [0.1, 0.15) is 0 Å². The zero-order valence-corrected chi connectivity index (χ0v) is 14.0. The van der Waals surface area contributed by atoms with Gasteiger partial charge in [0, 0.05) is 18.7 Å². The summed E-state index contributed by atoms with van der Waals surface area (Å²) in [6.07, 6.45) is 0.848. The lowest BCUT2D eigenvalue weighted by Crippen LogP contribution is -2.28. The van der Waals surface area contributed by atoms with E-state index in [1.54, 1.807) is 6.92 Å². The lowest BCUT2D eigenvalue weighted by Gasteiger charge is -2.33. The van der Waals surface area contributed by atoms with Crippen LogP contribution < -0.4 is 4.90 Å². The van der Waals surface area contributed by atoms with E-state index >= 15 is 0 Å². The van der Waals surface area contributed by atoms with E-state index in [-0.39, 0.29) is 5.91 Å². The van der Waals surface area contributed by atoms with Gasteiger partial charge >= 0.3 is 0 Å². The van der Waals surface area contributed by atoms with Crippen LogP contribution in [-0.2, 0) is 11.2 Å². The van der Waals surface area contributed by atoms with Crippen molar-refractivity contribution in [1.82, 2.24) is 0 Å². The van der Waals surface area contributed by atoms with Gasteiger partial charge in [-0.25, -0.2) is 0 Å².